The second kappa shape index (κ2) is 41.3. The first-order valence-corrected chi connectivity index (χ1v) is 24.0. The Morgan fingerprint density at radius 3 is 1.38 bits per heavy atom. The number of allylic oxidation sites excluding steroid dienone is 6. The first kappa shape index (κ1) is 55.5. The van der Waals surface area contributed by atoms with Crippen molar-refractivity contribution in [3.63, 3.8) is 0 Å². The van der Waals surface area contributed by atoms with Crippen molar-refractivity contribution in [3.8, 4) is 0 Å². The highest BCUT2D eigenvalue weighted by Crippen LogP contribution is 2.14. The first-order valence-electron chi connectivity index (χ1n) is 24.0. The van der Waals surface area contributed by atoms with Gasteiger partial charge in [0.2, 0.25) is 0 Å². The second-order valence-electron chi connectivity index (χ2n) is 17.3. The van der Waals surface area contributed by atoms with Crippen LogP contribution in [0.1, 0.15) is 213 Å². The summed E-state index contributed by atoms with van der Waals surface area (Å²) >= 11 is 0. The maximum atomic E-state index is 12.7. The van der Waals surface area contributed by atoms with Crippen LogP contribution in [0.4, 0.5) is 0 Å². The number of likely N-dealkylation sites (N-methyl/N-ethyl adjacent to an activating group) is 1. The largest absolute Gasteiger partial charge is 0.544 e. The number of unbranched alkanes of at least 4 members (excludes halogenated alkanes) is 23. The van der Waals surface area contributed by atoms with Crippen molar-refractivity contribution in [1.82, 2.24) is 0 Å². The molecule has 0 rings (SSSR count). The normalized spacial score (nSPS) is 13.2. The quantitative estimate of drug-likeness (QED) is 0.0261. The Kier molecular flexibility index (Phi) is 39.5. The molecule has 0 N–H and O–H groups in total. The summed E-state index contributed by atoms with van der Waals surface area (Å²) < 4.78 is 17.2. The van der Waals surface area contributed by atoms with Gasteiger partial charge in [0.15, 0.2) is 6.10 Å². The van der Waals surface area contributed by atoms with E-state index in [2.05, 4.69) is 50.3 Å². The van der Waals surface area contributed by atoms with E-state index in [1.54, 1.807) is 21.1 Å². The van der Waals surface area contributed by atoms with Crippen LogP contribution in [0.3, 0.4) is 0 Å². The lowest BCUT2D eigenvalue weighted by Gasteiger charge is -2.34. The average molecular weight is 818 g/mol. The van der Waals surface area contributed by atoms with E-state index in [-0.39, 0.29) is 42.7 Å². The zero-order valence-corrected chi connectivity index (χ0v) is 38.5. The number of nitrogens with zero attached hydrogens (tertiary/aromatic N) is 1. The molecule has 0 aliphatic carbocycles. The number of hydrogen-bond donors (Lipinski definition) is 0. The van der Waals surface area contributed by atoms with Crippen LogP contribution >= 0.6 is 0 Å². The van der Waals surface area contributed by atoms with Gasteiger partial charge in [-0.1, -0.05) is 159 Å². The third-order valence-electron chi connectivity index (χ3n) is 10.7. The van der Waals surface area contributed by atoms with E-state index in [0.717, 1.165) is 64.2 Å². The van der Waals surface area contributed by atoms with E-state index < -0.39 is 18.1 Å². The molecule has 58 heavy (non-hydrogen) atoms. The van der Waals surface area contributed by atoms with Gasteiger partial charge in [0, 0.05) is 19.3 Å². The molecule has 0 heterocycles. The summed E-state index contributed by atoms with van der Waals surface area (Å²) in [7, 11) is 5.41. The summed E-state index contributed by atoms with van der Waals surface area (Å²) in [5.74, 6) is -1.75. The van der Waals surface area contributed by atoms with Crippen molar-refractivity contribution in [2.75, 3.05) is 41.0 Å². The van der Waals surface area contributed by atoms with E-state index in [1.807, 2.05) is 0 Å². The topological polar surface area (TPSA) is 102 Å². The molecule has 0 fully saturated rings. The molecule has 8 heteroatoms. The summed E-state index contributed by atoms with van der Waals surface area (Å²) in [5, 5.41) is 11.6. The fourth-order valence-electron chi connectivity index (χ4n) is 6.98. The number of carboxylic acid groups (broad SMARTS) is 1. The molecule has 0 amide bonds. The van der Waals surface area contributed by atoms with Gasteiger partial charge in [-0.2, -0.15) is 0 Å². The molecule has 0 saturated carbocycles. The number of quaternary nitrogens is 1. The molecule has 0 spiro atoms. The highest BCUT2D eigenvalue weighted by atomic mass is 16.6. The number of aliphatic carboxylic acids is 1. The van der Waals surface area contributed by atoms with Crippen molar-refractivity contribution >= 4 is 17.9 Å². The number of carbonyl (C=O) groups excluding carboxylic acids is 3. The van der Waals surface area contributed by atoms with Crippen molar-refractivity contribution in [2.24, 2.45) is 0 Å². The molecule has 0 aliphatic heterocycles. The Bertz CT molecular complexity index is 1050. The monoisotopic (exact) mass is 818 g/mol. The van der Waals surface area contributed by atoms with Crippen molar-refractivity contribution in [1.29, 1.82) is 0 Å². The molecule has 0 radical (unpaired) electrons. The predicted molar refractivity (Wildman–Crippen MR) is 240 cm³/mol. The van der Waals surface area contributed by atoms with Crippen LogP contribution in [0.2, 0.25) is 0 Å². The van der Waals surface area contributed by atoms with Crippen LogP contribution in [0.5, 0.6) is 0 Å². The second-order valence-corrected chi connectivity index (χ2v) is 17.3. The lowest BCUT2D eigenvalue weighted by Crippen LogP contribution is -2.55. The van der Waals surface area contributed by atoms with Gasteiger partial charge in [-0.25, -0.2) is 0 Å². The molecule has 0 bridgehead atoms. The summed E-state index contributed by atoms with van der Waals surface area (Å²) in [6, 6.07) is -0.728. The van der Waals surface area contributed by atoms with Crippen LogP contribution < -0.4 is 5.11 Å². The lowest BCUT2D eigenvalue weighted by molar-refractivity contribution is -0.889. The molecular formula is C50H91NO7. The van der Waals surface area contributed by atoms with E-state index in [0.29, 0.717) is 12.8 Å². The molecule has 0 aromatic carbocycles. The fraction of sp³-hybridized carbons (Fsp3) is 0.820. The van der Waals surface area contributed by atoms with E-state index in [9.17, 15) is 19.5 Å². The smallest absolute Gasteiger partial charge is 0.306 e. The molecule has 0 aromatic rings. The Hall–Kier alpha value is -2.45. The van der Waals surface area contributed by atoms with Crippen LogP contribution in [0.15, 0.2) is 36.5 Å². The molecule has 0 saturated heterocycles. The van der Waals surface area contributed by atoms with Gasteiger partial charge >= 0.3 is 11.9 Å². The Labute approximate surface area is 357 Å². The van der Waals surface area contributed by atoms with Crippen molar-refractivity contribution < 1.29 is 38.2 Å². The third-order valence-corrected chi connectivity index (χ3v) is 10.7. The number of carbonyl (C=O) groups is 3. The molecule has 2 unspecified atom stereocenters. The molecule has 0 aliphatic rings. The highest BCUT2D eigenvalue weighted by Gasteiger charge is 2.25. The molecule has 338 valence electrons. The zero-order valence-electron chi connectivity index (χ0n) is 38.5. The molecule has 2 atom stereocenters. The van der Waals surface area contributed by atoms with Gasteiger partial charge in [0.1, 0.15) is 12.6 Å². The molecule has 8 nitrogen and oxygen atoms in total. The number of esters is 2. The predicted octanol–water partition coefficient (Wildman–Crippen LogP) is 12.1. The Balaban J connectivity index is 4.26. The van der Waals surface area contributed by atoms with Crippen LogP contribution in [-0.4, -0.2) is 75.5 Å². The van der Waals surface area contributed by atoms with Gasteiger partial charge < -0.3 is 28.6 Å². The van der Waals surface area contributed by atoms with Gasteiger partial charge in [0.05, 0.1) is 40.3 Å². The molecular weight excluding hydrogens is 727 g/mol. The standard InChI is InChI=1S/C50H91NO7/c1-6-8-10-12-14-16-18-20-21-22-23-24-25-26-27-28-29-31-33-35-37-39-41-49(53)58-46(44-56-43-42-47(50(54)55)51(3,4)5)45-57-48(52)40-38-36-34-32-30-19-17-15-13-11-9-7-2/h15,17,22-23,25-26,46-47H,6-14,16,18-21,24,27-45H2,1-5H3/b17-15+,23-22+,26-25+. The van der Waals surface area contributed by atoms with Crippen LogP contribution in [0, 0.1) is 0 Å². The van der Waals surface area contributed by atoms with Crippen LogP contribution in [-0.2, 0) is 28.6 Å². The van der Waals surface area contributed by atoms with Crippen molar-refractivity contribution in [2.45, 2.75) is 225 Å². The van der Waals surface area contributed by atoms with E-state index >= 15 is 0 Å². The van der Waals surface area contributed by atoms with Gasteiger partial charge in [-0.15, -0.1) is 0 Å². The SMILES string of the molecule is CCCCC/C=C/CCCCCCCC(=O)OCC(COCCC(C(=O)[O-])[N+](C)(C)C)OC(=O)CCCCCCCCC/C=C/C/C=C/CCCCCCCCCC. The zero-order chi connectivity index (χ0) is 42.8. The van der Waals surface area contributed by atoms with Gasteiger partial charge in [0.25, 0.3) is 0 Å². The summed E-state index contributed by atoms with van der Waals surface area (Å²) in [4.78, 5) is 36.9. The summed E-state index contributed by atoms with van der Waals surface area (Å²) in [5.41, 5.74) is 0. The van der Waals surface area contributed by atoms with Crippen LogP contribution in [0.25, 0.3) is 0 Å². The number of carboxylic acids is 1. The summed E-state index contributed by atoms with van der Waals surface area (Å²) in [6.45, 7) is 4.63. The average Bonchev–Trinajstić information content (AvgIpc) is 3.18. The van der Waals surface area contributed by atoms with E-state index in [4.69, 9.17) is 14.2 Å². The maximum Gasteiger partial charge on any atom is 0.306 e. The minimum Gasteiger partial charge on any atom is -0.544 e. The Morgan fingerprint density at radius 1 is 0.517 bits per heavy atom. The number of hydrogen-bond acceptors (Lipinski definition) is 7. The number of rotatable bonds is 43. The fourth-order valence-corrected chi connectivity index (χ4v) is 6.98. The lowest BCUT2D eigenvalue weighted by atomic mass is 10.1. The first-order chi connectivity index (χ1) is 28.1. The highest BCUT2D eigenvalue weighted by molar-refractivity contribution is 5.70. The van der Waals surface area contributed by atoms with E-state index in [1.165, 1.54) is 116 Å². The minimum absolute atomic E-state index is 0.0359. The summed E-state index contributed by atoms with van der Waals surface area (Å²) in [6.07, 6.45) is 47.4. The molecule has 0 aromatic heterocycles. The maximum absolute atomic E-state index is 12.7. The van der Waals surface area contributed by atoms with Crippen molar-refractivity contribution in [3.05, 3.63) is 36.5 Å². The Morgan fingerprint density at radius 2 is 0.914 bits per heavy atom. The number of ether oxygens (including phenoxy) is 3. The van der Waals surface area contributed by atoms with Gasteiger partial charge in [-0.05, 0) is 70.6 Å². The van der Waals surface area contributed by atoms with Gasteiger partial charge in [-0.3, -0.25) is 9.59 Å². The third kappa shape index (κ3) is 39.0. The minimum atomic E-state index is -1.13.